The zero-order valence-electron chi connectivity index (χ0n) is 12.6. The molecule has 2 heterocycles. The van der Waals surface area contributed by atoms with Crippen molar-refractivity contribution in [2.75, 3.05) is 10.6 Å². The fourth-order valence-corrected chi connectivity index (χ4v) is 2.29. The van der Waals surface area contributed by atoms with Gasteiger partial charge < -0.3 is 10.6 Å². The topological polar surface area (TPSA) is 62.7 Å². The number of pyridine rings is 1. The summed E-state index contributed by atoms with van der Waals surface area (Å²) in [5, 5.41) is 7.10. The first-order chi connectivity index (χ1) is 11.2. The first-order valence-electron chi connectivity index (χ1n) is 7.21. The van der Waals surface area contributed by atoms with Gasteiger partial charge in [-0.25, -0.2) is 4.98 Å². The molecule has 3 aromatic rings. The van der Waals surface area contributed by atoms with Gasteiger partial charge in [0.25, 0.3) is 0 Å². The van der Waals surface area contributed by atoms with Gasteiger partial charge in [-0.05, 0) is 37.3 Å². The third-order valence-corrected chi connectivity index (χ3v) is 3.34. The molecule has 2 aromatic heterocycles. The Bertz CT molecular complexity index is 792. The molecular formula is C17H16ClN5. The zero-order chi connectivity index (χ0) is 16.1. The summed E-state index contributed by atoms with van der Waals surface area (Å²) in [7, 11) is 0. The molecule has 0 bridgehead atoms. The molecule has 0 aliphatic heterocycles. The van der Waals surface area contributed by atoms with Crippen molar-refractivity contribution in [2.24, 2.45) is 0 Å². The van der Waals surface area contributed by atoms with E-state index in [1.165, 1.54) is 0 Å². The minimum Gasteiger partial charge on any atom is -0.349 e. The van der Waals surface area contributed by atoms with Crippen LogP contribution >= 0.6 is 11.6 Å². The normalized spacial score (nSPS) is 10.3. The molecule has 6 heteroatoms. The highest BCUT2D eigenvalue weighted by Crippen LogP contribution is 2.20. The van der Waals surface area contributed by atoms with E-state index in [9.17, 15) is 0 Å². The lowest BCUT2D eigenvalue weighted by molar-refractivity contribution is 0.991. The Hall–Kier alpha value is -2.66. The number of rotatable bonds is 5. The van der Waals surface area contributed by atoms with Crippen LogP contribution in [0.1, 0.15) is 11.4 Å². The minimum absolute atomic E-state index is 0.556. The Morgan fingerprint density at radius 2 is 1.96 bits per heavy atom. The highest BCUT2D eigenvalue weighted by molar-refractivity contribution is 6.30. The maximum Gasteiger partial charge on any atom is 0.225 e. The van der Waals surface area contributed by atoms with Gasteiger partial charge in [0.05, 0.1) is 12.2 Å². The number of aromatic nitrogens is 3. The van der Waals surface area contributed by atoms with E-state index in [0.717, 1.165) is 17.1 Å². The number of nitrogens with one attached hydrogen (secondary N) is 2. The molecule has 3 rings (SSSR count). The summed E-state index contributed by atoms with van der Waals surface area (Å²) in [6.45, 7) is 2.50. The van der Waals surface area contributed by atoms with Crippen LogP contribution in [-0.2, 0) is 6.54 Å². The number of halogens is 1. The lowest BCUT2D eigenvalue weighted by atomic mass is 10.3. The van der Waals surface area contributed by atoms with Crippen molar-refractivity contribution in [3.8, 4) is 0 Å². The highest BCUT2D eigenvalue weighted by Gasteiger charge is 2.04. The standard InChI is InChI=1S/C17H16ClN5/c1-12-9-16(22-14-7-4-5-13(18)10-14)23-17(21-12)20-11-15-6-2-3-8-19-15/h2-10H,11H2,1H3,(H2,20,21,22,23). The van der Waals surface area contributed by atoms with Gasteiger partial charge in [0.2, 0.25) is 5.95 Å². The number of benzene rings is 1. The molecule has 0 spiro atoms. The van der Waals surface area contributed by atoms with Crippen molar-refractivity contribution in [1.29, 1.82) is 0 Å². The van der Waals surface area contributed by atoms with Gasteiger partial charge in [0.1, 0.15) is 5.82 Å². The van der Waals surface area contributed by atoms with Crippen LogP contribution in [0.5, 0.6) is 0 Å². The van der Waals surface area contributed by atoms with Gasteiger partial charge in [-0.1, -0.05) is 23.7 Å². The van der Waals surface area contributed by atoms with Gasteiger partial charge in [0, 0.05) is 28.7 Å². The Labute approximate surface area is 139 Å². The molecule has 1 aromatic carbocycles. The number of hydrogen-bond acceptors (Lipinski definition) is 5. The van der Waals surface area contributed by atoms with Crippen LogP contribution in [0.4, 0.5) is 17.5 Å². The van der Waals surface area contributed by atoms with Gasteiger partial charge in [-0.2, -0.15) is 4.98 Å². The van der Waals surface area contributed by atoms with Crippen molar-refractivity contribution in [1.82, 2.24) is 15.0 Å². The van der Waals surface area contributed by atoms with Gasteiger partial charge in [0.15, 0.2) is 0 Å². The smallest absolute Gasteiger partial charge is 0.225 e. The summed E-state index contributed by atoms with van der Waals surface area (Å²) in [4.78, 5) is 13.1. The molecule has 0 unspecified atom stereocenters. The summed E-state index contributed by atoms with van der Waals surface area (Å²) in [5.41, 5.74) is 2.68. The second kappa shape index (κ2) is 7.07. The Morgan fingerprint density at radius 3 is 2.74 bits per heavy atom. The van der Waals surface area contributed by atoms with Crippen LogP contribution in [0.15, 0.2) is 54.7 Å². The largest absolute Gasteiger partial charge is 0.349 e. The maximum absolute atomic E-state index is 6.00. The molecule has 0 fully saturated rings. The molecule has 116 valence electrons. The van der Waals surface area contributed by atoms with E-state index < -0.39 is 0 Å². The third kappa shape index (κ3) is 4.40. The Kier molecular flexibility index (Phi) is 4.68. The highest BCUT2D eigenvalue weighted by atomic mass is 35.5. The van der Waals surface area contributed by atoms with Crippen molar-refractivity contribution >= 4 is 29.1 Å². The summed E-state index contributed by atoms with van der Waals surface area (Å²) in [6.07, 6.45) is 1.76. The summed E-state index contributed by atoms with van der Waals surface area (Å²) < 4.78 is 0. The van der Waals surface area contributed by atoms with Crippen molar-refractivity contribution in [3.05, 3.63) is 71.1 Å². The minimum atomic E-state index is 0.556. The zero-order valence-corrected chi connectivity index (χ0v) is 13.4. The van der Waals surface area contributed by atoms with Gasteiger partial charge in [-0.15, -0.1) is 0 Å². The molecule has 0 saturated heterocycles. The molecule has 23 heavy (non-hydrogen) atoms. The fraction of sp³-hybridized carbons (Fsp3) is 0.118. The van der Waals surface area contributed by atoms with Crippen LogP contribution in [0, 0.1) is 6.92 Å². The lowest BCUT2D eigenvalue weighted by Gasteiger charge is -2.10. The summed E-state index contributed by atoms with van der Waals surface area (Å²) >= 11 is 6.00. The van der Waals surface area contributed by atoms with Gasteiger partial charge in [-0.3, -0.25) is 4.98 Å². The SMILES string of the molecule is Cc1cc(Nc2cccc(Cl)c2)nc(NCc2ccccn2)n1. The van der Waals surface area contributed by atoms with Crippen molar-refractivity contribution in [3.63, 3.8) is 0 Å². The number of hydrogen-bond donors (Lipinski definition) is 2. The van der Waals surface area contributed by atoms with Crippen molar-refractivity contribution < 1.29 is 0 Å². The molecule has 0 saturated carbocycles. The average Bonchev–Trinajstić information content (AvgIpc) is 2.53. The number of nitrogens with zero attached hydrogens (tertiary/aromatic N) is 3. The lowest BCUT2D eigenvalue weighted by Crippen LogP contribution is -2.07. The third-order valence-electron chi connectivity index (χ3n) is 3.11. The summed E-state index contributed by atoms with van der Waals surface area (Å²) in [5.74, 6) is 1.27. The molecule has 0 aliphatic carbocycles. The maximum atomic E-state index is 6.00. The monoisotopic (exact) mass is 325 g/mol. The molecule has 2 N–H and O–H groups in total. The first kappa shape index (κ1) is 15.2. The second-order valence-corrected chi connectivity index (χ2v) is 5.46. The van der Waals surface area contributed by atoms with E-state index in [0.29, 0.717) is 23.3 Å². The van der Waals surface area contributed by atoms with E-state index >= 15 is 0 Å². The van der Waals surface area contributed by atoms with E-state index in [4.69, 9.17) is 11.6 Å². The Balaban J connectivity index is 1.73. The quantitative estimate of drug-likeness (QED) is 0.736. The van der Waals surface area contributed by atoms with Crippen LogP contribution in [-0.4, -0.2) is 15.0 Å². The first-order valence-corrected chi connectivity index (χ1v) is 7.59. The molecule has 0 radical (unpaired) electrons. The fourth-order valence-electron chi connectivity index (χ4n) is 2.10. The molecular weight excluding hydrogens is 310 g/mol. The predicted molar refractivity (Wildman–Crippen MR) is 93.1 cm³/mol. The molecule has 0 aliphatic rings. The molecule has 0 amide bonds. The van der Waals surface area contributed by atoms with E-state index in [-0.39, 0.29) is 0 Å². The molecule has 5 nitrogen and oxygen atoms in total. The van der Waals surface area contributed by atoms with Crippen molar-refractivity contribution in [2.45, 2.75) is 13.5 Å². The van der Waals surface area contributed by atoms with E-state index in [1.54, 1.807) is 6.20 Å². The van der Waals surface area contributed by atoms with Crippen LogP contribution in [0.2, 0.25) is 5.02 Å². The second-order valence-electron chi connectivity index (χ2n) is 5.03. The van der Waals surface area contributed by atoms with Crippen LogP contribution in [0.25, 0.3) is 0 Å². The average molecular weight is 326 g/mol. The predicted octanol–water partition coefficient (Wildman–Crippen LogP) is 4.19. The van der Waals surface area contributed by atoms with Gasteiger partial charge >= 0.3 is 0 Å². The molecule has 0 atom stereocenters. The van der Waals surface area contributed by atoms with E-state index in [2.05, 4.69) is 25.6 Å². The van der Waals surface area contributed by atoms with Crippen LogP contribution < -0.4 is 10.6 Å². The Morgan fingerprint density at radius 1 is 1.04 bits per heavy atom. The summed E-state index contributed by atoms with van der Waals surface area (Å²) in [6, 6.07) is 15.2. The number of anilines is 3. The van der Waals surface area contributed by atoms with Crippen LogP contribution in [0.3, 0.4) is 0 Å². The number of aryl methyl sites for hydroxylation is 1. The van der Waals surface area contributed by atoms with E-state index in [1.807, 2.05) is 55.5 Å².